The summed E-state index contributed by atoms with van der Waals surface area (Å²) in [6, 6.07) is 0.129. The molecule has 0 aromatic rings. The second kappa shape index (κ2) is 5.99. The van der Waals surface area contributed by atoms with Gasteiger partial charge in [-0.3, -0.25) is 4.79 Å². The number of carbonyl (C=O) groups is 1. The van der Waals surface area contributed by atoms with E-state index < -0.39 is 0 Å². The third-order valence-corrected chi connectivity index (χ3v) is 6.38. The molecule has 4 rings (SSSR count). The van der Waals surface area contributed by atoms with Crippen molar-refractivity contribution in [1.29, 1.82) is 0 Å². The van der Waals surface area contributed by atoms with Crippen molar-refractivity contribution in [3.63, 3.8) is 0 Å². The molecule has 3 aliphatic heterocycles. The molecule has 0 radical (unpaired) electrons. The third kappa shape index (κ3) is 2.90. The molecule has 3 saturated heterocycles. The van der Waals surface area contributed by atoms with E-state index >= 15 is 0 Å². The topological polar surface area (TPSA) is 65.0 Å². The zero-order valence-corrected chi connectivity index (χ0v) is 14.0. The predicted molar refractivity (Wildman–Crippen MR) is 85.8 cm³/mol. The molecule has 23 heavy (non-hydrogen) atoms. The molecule has 1 aliphatic carbocycles. The number of aliphatic hydroxyl groups is 1. The zero-order chi connectivity index (χ0) is 16.0. The number of β-amino-alcohol motifs (C(OH)–C–C–N with tert-alkyl or cyclic N) is 1. The maximum absolute atomic E-state index is 12.3. The number of piperidine rings is 1. The van der Waals surface area contributed by atoms with Gasteiger partial charge in [0.2, 0.25) is 5.91 Å². The van der Waals surface area contributed by atoms with Gasteiger partial charge in [-0.05, 0) is 57.5 Å². The Kier molecular flexibility index (Phi) is 4.12. The van der Waals surface area contributed by atoms with Crippen LogP contribution in [0.4, 0.5) is 0 Å². The largest absolute Gasteiger partial charge is 0.391 e. The molecular formula is C17H29N3O3. The van der Waals surface area contributed by atoms with E-state index in [0.717, 1.165) is 45.4 Å². The SMILES string of the molecule is C[C@@H]1NCC2OC[C@H](CCCN3CCC4(CC4)[C@H](O)C3)N2C1=O. The number of hydrogen-bond donors (Lipinski definition) is 2. The van der Waals surface area contributed by atoms with E-state index in [9.17, 15) is 9.90 Å². The summed E-state index contributed by atoms with van der Waals surface area (Å²) in [4.78, 5) is 16.7. The Labute approximate surface area is 138 Å². The lowest BCUT2D eigenvalue weighted by Gasteiger charge is -2.37. The monoisotopic (exact) mass is 323 g/mol. The highest BCUT2D eigenvalue weighted by molar-refractivity contribution is 5.83. The minimum absolute atomic E-state index is 0.0739. The normalized spacial score (nSPS) is 39.7. The van der Waals surface area contributed by atoms with Crippen molar-refractivity contribution in [1.82, 2.24) is 15.1 Å². The molecule has 1 saturated carbocycles. The smallest absolute Gasteiger partial charge is 0.241 e. The highest BCUT2D eigenvalue weighted by atomic mass is 16.5. The van der Waals surface area contributed by atoms with E-state index in [1.807, 2.05) is 11.8 Å². The van der Waals surface area contributed by atoms with E-state index in [-0.39, 0.29) is 35.7 Å². The van der Waals surface area contributed by atoms with Gasteiger partial charge in [-0.25, -0.2) is 0 Å². The molecule has 6 nitrogen and oxygen atoms in total. The van der Waals surface area contributed by atoms with Crippen LogP contribution in [-0.2, 0) is 9.53 Å². The van der Waals surface area contributed by atoms with Crippen LogP contribution in [0.15, 0.2) is 0 Å². The number of piperazine rings is 1. The lowest BCUT2D eigenvalue weighted by atomic mass is 9.90. The van der Waals surface area contributed by atoms with Gasteiger partial charge in [0.05, 0.1) is 24.8 Å². The highest BCUT2D eigenvalue weighted by Gasteiger charge is 2.51. The third-order valence-electron chi connectivity index (χ3n) is 6.38. The Balaban J connectivity index is 1.24. The lowest BCUT2D eigenvalue weighted by molar-refractivity contribution is -0.143. The summed E-state index contributed by atoms with van der Waals surface area (Å²) in [5.74, 6) is 0.174. The Bertz CT molecular complexity index is 468. The Hall–Kier alpha value is -0.690. The summed E-state index contributed by atoms with van der Waals surface area (Å²) < 4.78 is 5.77. The molecule has 1 amide bonds. The first-order valence-corrected chi connectivity index (χ1v) is 9.17. The Morgan fingerprint density at radius 3 is 2.96 bits per heavy atom. The molecule has 0 aromatic carbocycles. The molecule has 4 aliphatic rings. The molecule has 4 atom stereocenters. The lowest BCUT2D eigenvalue weighted by Crippen LogP contribution is -2.59. The van der Waals surface area contributed by atoms with Crippen LogP contribution in [-0.4, -0.2) is 78.0 Å². The fourth-order valence-electron chi connectivity index (χ4n) is 4.48. The number of rotatable bonds is 4. The summed E-state index contributed by atoms with van der Waals surface area (Å²) in [5, 5.41) is 13.5. The minimum Gasteiger partial charge on any atom is -0.391 e. The van der Waals surface area contributed by atoms with Crippen LogP contribution in [0, 0.1) is 5.41 Å². The van der Waals surface area contributed by atoms with E-state index in [1.54, 1.807) is 0 Å². The summed E-state index contributed by atoms with van der Waals surface area (Å²) >= 11 is 0. The molecular weight excluding hydrogens is 294 g/mol. The first-order chi connectivity index (χ1) is 11.1. The van der Waals surface area contributed by atoms with E-state index in [4.69, 9.17) is 4.74 Å². The first kappa shape index (κ1) is 15.8. The second-order valence-corrected chi connectivity index (χ2v) is 7.89. The van der Waals surface area contributed by atoms with Gasteiger partial charge in [0.15, 0.2) is 0 Å². The number of nitrogens with one attached hydrogen (secondary N) is 1. The van der Waals surface area contributed by atoms with Gasteiger partial charge >= 0.3 is 0 Å². The van der Waals surface area contributed by atoms with Crippen LogP contribution < -0.4 is 5.32 Å². The van der Waals surface area contributed by atoms with Crippen molar-refractivity contribution >= 4 is 5.91 Å². The van der Waals surface area contributed by atoms with Crippen LogP contribution in [0.25, 0.3) is 0 Å². The average Bonchev–Trinajstić information content (AvgIpc) is 3.21. The molecule has 1 spiro atoms. The summed E-state index contributed by atoms with van der Waals surface area (Å²) in [6.45, 7) is 6.29. The fraction of sp³-hybridized carbons (Fsp3) is 0.941. The van der Waals surface area contributed by atoms with Gasteiger partial charge in [0.25, 0.3) is 0 Å². The number of fused-ring (bicyclic) bond motifs is 1. The van der Waals surface area contributed by atoms with Gasteiger partial charge in [-0.1, -0.05) is 0 Å². The van der Waals surface area contributed by atoms with Crippen LogP contribution in [0.2, 0.25) is 0 Å². The van der Waals surface area contributed by atoms with Crippen molar-refractivity contribution < 1.29 is 14.6 Å². The fourth-order valence-corrected chi connectivity index (χ4v) is 4.48. The van der Waals surface area contributed by atoms with Crippen molar-refractivity contribution in [3.05, 3.63) is 0 Å². The maximum Gasteiger partial charge on any atom is 0.241 e. The quantitative estimate of drug-likeness (QED) is 0.771. The molecule has 1 unspecified atom stereocenters. The predicted octanol–water partition coefficient (Wildman–Crippen LogP) is 0.159. The van der Waals surface area contributed by atoms with Gasteiger partial charge in [-0.15, -0.1) is 0 Å². The van der Waals surface area contributed by atoms with Crippen LogP contribution >= 0.6 is 0 Å². The number of nitrogens with zero attached hydrogens (tertiary/aromatic N) is 2. The number of carbonyl (C=O) groups excluding carboxylic acids is 1. The molecule has 6 heteroatoms. The summed E-state index contributed by atoms with van der Waals surface area (Å²) in [7, 11) is 0. The number of ether oxygens (including phenoxy) is 1. The Morgan fingerprint density at radius 1 is 1.39 bits per heavy atom. The Morgan fingerprint density at radius 2 is 2.22 bits per heavy atom. The van der Waals surface area contributed by atoms with Gasteiger partial charge in [-0.2, -0.15) is 0 Å². The van der Waals surface area contributed by atoms with Crippen LogP contribution in [0.3, 0.4) is 0 Å². The van der Waals surface area contributed by atoms with E-state index in [2.05, 4.69) is 10.2 Å². The molecule has 0 bridgehead atoms. The van der Waals surface area contributed by atoms with Gasteiger partial charge < -0.3 is 25.0 Å². The summed E-state index contributed by atoms with van der Waals surface area (Å²) in [5.41, 5.74) is 0.284. The van der Waals surface area contributed by atoms with Crippen molar-refractivity contribution in [2.75, 3.05) is 32.8 Å². The van der Waals surface area contributed by atoms with Crippen molar-refractivity contribution in [3.8, 4) is 0 Å². The number of hydrogen-bond acceptors (Lipinski definition) is 5. The maximum atomic E-state index is 12.3. The molecule has 2 N–H and O–H groups in total. The van der Waals surface area contributed by atoms with Gasteiger partial charge in [0.1, 0.15) is 6.23 Å². The number of likely N-dealkylation sites (tertiary alicyclic amines) is 1. The molecule has 0 aromatic heterocycles. The highest BCUT2D eigenvalue weighted by Crippen LogP contribution is 2.53. The molecule has 130 valence electrons. The average molecular weight is 323 g/mol. The molecule has 4 fully saturated rings. The van der Waals surface area contributed by atoms with Crippen molar-refractivity contribution in [2.24, 2.45) is 5.41 Å². The molecule has 3 heterocycles. The second-order valence-electron chi connectivity index (χ2n) is 7.89. The van der Waals surface area contributed by atoms with Gasteiger partial charge in [0, 0.05) is 13.1 Å². The zero-order valence-electron chi connectivity index (χ0n) is 14.0. The van der Waals surface area contributed by atoms with E-state index in [1.165, 1.54) is 12.8 Å². The standard InChI is InChI=1S/C17H29N3O3/c1-12-16(22)20-13(11-23-15(20)9-18-12)3-2-7-19-8-6-17(4-5-17)14(21)10-19/h12-15,18,21H,2-11H2,1H3/t12-,13-,14+,15?/m0/s1. The number of amides is 1. The minimum atomic E-state index is -0.133. The summed E-state index contributed by atoms with van der Waals surface area (Å²) in [6.07, 6.45) is 5.43. The number of aliphatic hydroxyl groups excluding tert-OH is 1. The van der Waals surface area contributed by atoms with Crippen molar-refractivity contribution in [2.45, 2.75) is 63.4 Å². The first-order valence-electron chi connectivity index (χ1n) is 9.17. The van der Waals surface area contributed by atoms with Crippen LogP contribution in [0.1, 0.15) is 39.0 Å². The van der Waals surface area contributed by atoms with Crippen LogP contribution in [0.5, 0.6) is 0 Å². The van der Waals surface area contributed by atoms with E-state index in [0.29, 0.717) is 6.61 Å².